The SMILES string of the molecule is CCCC1CC[N-]CC1.CCCC1CC[N-]CC1.N#C[S-].N#C[S-].[Cd]. The monoisotopic (exact) mass is 482 g/mol. The van der Waals surface area contributed by atoms with Gasteiger partial charge in [0.15, 0.2) is 0 Å². The van der Waals surface area contributed by atoms with Crippen molar-refractivity contribution < 1.29 is 27.3 Å². The average Bonchev–Trinajstić information content (AvgIpc) is 2.59. The van der Waals surface area contributed by atoms with Gasteiger partial charge < -0.3 is 35.9 Å². The maximum Gasteiger partial charge on any atom is 0 e. The summed E-state index contributed by atoms with van der Waals surface area (Å²) in [5.74, 6) is 2.01. The molecule has 0 aromatic heterocycles. The van der Waals surface area contributed by atoms with E-state index in [2.05, 4.69) is 49.7 Å². The molecule has 0 N–H and O–H groups in total. The van der Waals surface area contributed by atoms with Crippen molar-refractivity contribution in [2.24, 2.45) is 11.8 Å². The minimum absolute atomic E-state index is 0. The van der Waals surface area contributed by atoms with E-state index >= 15 is 0 Å². The van der Waals surface area contributed by atoms with E-state index in [1.165, 1.54) is 62.2 Å². The van der Waals surface area contributed by atoms with Crippen LogP contribution in [0.1, 0.15) is 65.2 Å². The van der Waals surface area contributed by atoms with E-state index in [1.807, 2.05) is 0 Å². The summed E-state index contributed by atoms with van der Waals surface area (Å²) in [6, 6.07) is 0. The summed E-state index contributed by atoms with van der Waals surface area (Å²) >= 11 is 7.40. The first kappa shape index (κ1) is 30.0. The van der Waals surface area contributed by atoms with Crippen LogP contribution >= 0.6 is 0 Å². The molecule has 0 aromatic carbocycles. The van der Waals surface area contributed by atoms with Crippen molar-refractivity contribution in [1.29, 1.82) is 10.5 Å². The van der Waals surface area contributed by atoms with Gasteiger partial charge in [-0.05, 0) is 11.8 Å². The molecule has 0 saturated carbocycles. The second-order valence-electron chi connectivity index (χ2n) is 5.99. The summed E-state index contributed by atoms with van der Waals surface area (Å²) in [7, 11) is 0. The molecule has 2 aliphatic heterocycles. The molecule has 0 amide bonds. The number of hydrogen-bond donors (Lipinski definition) is 0. The summed E-state index contributed by atoms with van der Waals surface area (Å²) in [6.07, 6.45) is 11.0. The van der Waals surface area contributed by atoms with E-state index in [-0.39, 0.29) is 27.3 Å². The van der Waals surface area contributed by atoms with Gasteiger partial charge in [0.05, 0.1) is 0 Å². The Balaban J connectivity index is -0.000000287. The van der Waals surface area contributed by atoms with E-state index in [4.69, 9.17) is 10.5 Å². The van der Waals surface area contributed by atoms with E-state index in [1.54, 1.807) is 0 Å². The topological polar surface area (TPSA) is 75.8 Å². The van der Waals surface area contributed by atoms with Gasteiger partial charge in [0.1, 0.15) is 0 Å². The van der Waals surface area contributed by atoms with Crippen LogP contribution in [0.2, 0.25) is 0 Å². The molecule has 0 spiro atoms. The zero-order chi connectivity index (χ0) is 18.5. The minimum atomic E-state index is 0. The van der Waals surface area contributed by atoms with Crippen LogP contribution in [0.4, 0.5) is 0 Å². The van der Waals surface area contributed by atoms with Gasteiger partial charge in [-0.1, -0.05) is 76.0 Å². The zero-order valence-corrected chi connectivity index (χ0v) is 21.6. The van der Waals surface area contributed by atoms with Crippen LogP contribution in [0.5, 0.6) is 0 Å². The largest absolute Gasteiger partial charge is 0.696 e. The van der Waals surface area contributed by atoms with Crippen LogP contribution in [0.3, 0.4) is 0 Å². The second-order valence-corrected chi connectivity index (χ2v) is 6.35. The molecular weight excluding hydrogens is 449 g/mol. The van der Waals surface area contributed by atoms with E-state index in [9.17, 15) is 0 Å². The second kappa shape index (κ2) is 26.5. The first-order valence-electron chi connectivity index (χ1n) is 8.98. The Kier molecular flexibility index (Phi) is 31.8. The zero-order valence-electron chi connectivity index (χ0n) is 16.0. The van der Waals surface area contributed by atoms with Gasteiger partial charge in [0.2, 0.25) is 0 Å². The van der Waals surface area contributed by atoms with Crippen LogP contribution in [0, 0.1) is 33.2 Å². The van der Waals surface area contributed by atoms with Gasteiger partial charge in [0.25, 0.3) is 0 Å². The maximum atomic E-state index is 7.13. The van der Waals surface area contributed by atoms with Crippen molar-refractivity contribution >= 4 is 25.3 Å². The molecule has 0 bridgehead atoms. The number of piperidine rings is 2. The Morgan fingerprint density at radius 1 is 0.760 bits per heavy atom. The van der Waals surface area contributed by atoms with Crippen LogP contribution in [-0.2, 0) is 52.6 Å². The first-order chi connectivity index (χ1) is 11.7. The maximum absolute atomic E-state index is 7.13. The average molecular weight is 481 g/mol. The van der Waals surface area contributed by atoms with Crippen molar-refractivity contribution in [3.05, 3.63) is 10.6 Å². The predicted octanol–water partition coefficient (Wildman–Crippen LogP) is 5.17. The Labute approximate surface area is 186 Å². The third kappa shape index (κ3) is 24.3. The number of rotatable bonds is 4. The normalized spacial score (nSPS) is 16.6. The third-order valence-electron chi connectivity index (χ3n) is 4.18. The standard InChI is InChI=1S/2C8H16N.2CHNS.Cd/c2*1-2-3-8-4-6-9-7-5-8;2*2-1-3;/h2*8H,2-7H2,1H3;2*3H;/q2*-1;;;/p-2. The van der Waals surface area contributed by atoms with Crippen molar-refractivity contribution in [1.82, 2.24) is 0 Å². The molecule has 4 nitrogen and oxygen atoms in total. The molecule has 7 heteroatoms. The van der Waals surface area contributed by atoms with Crippen LogP contribution < -0.4 is 0 Å². The van der Waals surface area contributed by atoms with Crippen molar-refractivity contribution in [3.8, 4) is 10.8 Å². The van der Waals surface area contributed by atoms with Gasteiger partial charge in [0, 0.05) is 27.3 Å². The van der Waals surface area contributed by atoms with Gasteiger partial charge in [-0.3, -0.25) is 0 Å². The minimum Gasteiger partial charge on any atom is -0.696 e. The van der Waals surface area contributed by atoms with E-state index < -0.39 is 0 Å². The summed E-state index contributed by atoms with van der Waals surface area (Å²) < 4.78 is 0. The molecule has 2 fully saturated rings. The Morgan fingerprint density at radius 3 is 1.20 bits per heavy atom. The molecule has 0 aromatic rings. The molecule has 2 heterocycles. The van der Waals surface area contributed by atoms with Gasteiger partial charge in [-0.25, -0.2) is 10.5 Å². The summed E-state index contributed by atoms with van der Waals surface area (Å²) in [5.41, 5.74) is 0. The van der Waals surface area contributed by atoms with Gasteiger partial charge in [-0.2, -0.15) is 0 Å². The quantitative estimate of drug-likeness (QED) is 0.316. The molecule has 2 aliphatic rings. The fourth-order valence-corrected chi connectivity index (χ4v) is 3.00. The summed E-state index contributed by atoms with van der Waals surface area (Å²) in [4.78, 5) is 0. The number of thiocyanates is 2. The Bertz CT molecular complexity index is 283. The van der Waals surface area contributed by atoms with Crippen molar-refractivity contribution in [3.63, 3.8) is 0 Å². The molecule has 142 valence electrons. The summed E-state index contributed by atoms with van der Waals surface area (Å²) in [6.45, 7) is 9.06. The summed E-state index contributed by atoms with van der Waals surface area (Å²) in [5, 5.41) is 25.6. The predicted molar refractivity (Wildman–Crippen MR) is 107 cm³/mol. The van der Waals surface area contributed by atoms with Crippen LogP contribution in [0.15, 0.2) is 0 Å². The molecule has 2 rings (SSSR count). The molecule has 0 unspecified atom stereocenters. The molecule has 2 saturated heterocycles. The van der Waals surface area contributed by atoms with Crippen molar-refractivity contribution in [2.45, 2.75) is 65.2 Å². The molecule has 0 aliphatic carbocycles. The Morgan fingerprint density at radius 2 is 1.00 bits per heavy atom. The molecule has 0 radical (unpaired) electrons. The molecule has 25 heavy (non-hydrogen) atoms. The van der Waals surface area contributed by atoms with Crippen LogP contribution in [0.25, 0.3) is 10.6 Å². The van der Waals surface area contributed by atoms with E-state index in [0.29, 0.717) is 0 Å². The molecular formula is C18H32CdN4S2-4. The molecule has 0 atom stereocenters. The van der Waals surface area contributed by atoms with E-state index in [0.717, 1.165) is 38.0 Å². The Hall–Kier alpha value is 0.262. The van der Waals surface area contributed by atoms with Crippen LogP contribution in [-0.4, -0.2) is 26.2 Å². The smallest absolute Gasteiger partial charge is 0 e. The number of nitrogens with zero attached hydrogens (tertiary/aromatic N) is 4. The van der Waals surface area contributed by atoms with Gasteiger partial charge >= 0.3 is 0 Å². The third-order valence-corrected chi connectivity index (χ3v) is 4.18. The van der Waals surface area contributed by atoms with Gasteiger partial charge in [-0.15, -0.1) is 26.2 Å². The number of nitriles is 2. The van der Waals surface area contributed by atoms with Crippen molar-refractivity contribution in [2.75, 3.05) is 26.2 Å². The fraction of sp³-hybridized carbons (Fsp3) is 0.889. The fourth-order valence-electron chi connectivity index (χ4n) is 3.00. The first-order valence-corrected chi connectivity index (χ1v) is 9.80. The number of hydrogen-bond acceptors (Lipinski definition) is 4.